The lowest BCUT2D eigenvalue weighted by Gasteiger charge is -2.20. The third-order valence-electron chi connectivity index (χ3n) is 4.80. The molecule has 8 heteroatoms. The van der Waals surface area contributed by atoms with E-state index in [1.165, 1.54) is 11.8 Å². The zero-order chi connectivity index (χ0) is 21.7. The van der Waals surface area contributed by atoms with E-state index < -0.39 is 0 Å². The highest BCUT2D eigenvalue weighted by Gasteiger charge is 2.18. The molecule has 0 aliphatic rings. The number of hydrogen-bond donors (Lipinski definition) is 1. The lowest BCUT2D eigenvalue weighted by atomic mass is 9.92. The number of carbonyl (C=O) groups excluding carboxylic acids is 1. The van der Waals surface area contributed by atoms with Crippen LogP contribution in [0.25, 0.3) is 11.5 Å². The van der Waals surface area contributed by atoms with Crippen molar-refractivity contribution in [2.45, 2.75) is 58.2 Å². The van der Waals surface area contributed by atoms with Crippen molar-refractivity contribution < 1.29 is 4.79 Å². The molecule has 0 unspecified atom stereocenters. The van der Waals surface area contributed by atoms with Crippen LogP contribution < -0.4 is 5.32 Å². The fourth-order valence-electron chi connectivity index (χ4n) is 3.29. The Bertz CT molecular complexity index is 974. The van der Waals surface area contributed by atoms with Crippen LogP contribution in [-0.2, 0) is 11.3 Å². The lowest BCUT2D eigenvalue weighted by molar-refractivity contribution is -0.113. The number of para-hydroxylation sites is 1. The van der Waals surface area contributed by atoms with Crippen LogP contribution in [0.1, 0.15) is 57.6 Å². The van der Waals surface area contributed by atoms with Crippen LogP contribution >= 0.6 is 11.8 Å². The molecule has 1 amide bonds. The smallest absolute Gasteiger partial charge is 0.234 e. The van der Waals surface area contributed by atoms with Crippen molar-refractivity contribution >= 4 is 23.4 Å². The molecule has 0 bridgehead atoms. The van der Waals surface area contributed by atoms with E-state index in [4.69, 9.17) is 0 Å². The van der Waals surface area contributed by atoms with Crippen LogP contribution in [0.5, 0.6) is 0 Å². The number of carbonyl (C=O) groups is 1. The molecule has 7 nitrogen and oxygen atoms in total. The van der Waals surface area contributed by atoms with Crippen LogP contribution in [-0.4, -0.2) is 36.4 Å². The Morgan fingerprint density at radius 1 is 1.10 bits per heavy atom. The van der Waals surface area contributed by atoms with Gasteiger partial charge in [0.15, 0.2) is 11.0 Å². The van der Waals surface area contributed by atoms with E-state index in [-0.39, 0.29) is 11.7 Å². The average molecular weight is 425 g/mol. The number of thioether (sulfide) groups is 1. The van der Waals surface area contributed by atoms with E-state index in [1.54, 1.807) is 18.6 Å². The summed E-state index contributed by atoms with van der Waals surface area (Å²) in [5.41, 5.74) is 3.91. The molecule has 3 aromatic rings. The first-order valence-corrected chi connectivity index (χ1v) is 11.2. The summed E-state index contributed by atoms with van der Waals surface area (Å²) >= 11 is 1.37. The molecule has 158 valence electrons. The Hall–Kier alpha value is -2.74. The topological polar surface area (TPSA) is 85.6 Å². The minimum atomic E-state index is -0.0540. The Balaban J connectivity index is 1.76. The Morgan fingerprint density at radius 2 is 1.80 bits per heavy atom. The van der Waals surface area contributed by atoms with Crippen LogP contribution in [0.3, 0.4) is 0 Å². The van der Waals surface area contributed by atoms with Gasteiger partial charge in [0.25, 0.3) is 0 Å². The molecule has 1 N–H and O–H groups in total. The molecule has 0 spiro atoms. The first-order valence-electron chi connectivity index (χ1n) is 10.2. The van der Waals surface area contributed by atoms with E-state index in [9.17, 15) is 4.79 Å². The van der Waals surface area contributed by atoms with Crippen LogP contribution in [0.15, 0.2) is 41.9 Å². The zero-order valence-electron chi connectivity index (χ0n) is 18.1. The van der Waals surface area contributed by atoms with E-state index in [0.717, 1.165) is 16.8 Å². The second-order valence-electron chi connectivity index (χ2n) is 7.60. The molecule has 3 rings (SSSR count). The number of hydrogen-bond acceptors (Lipinski definition) is 6. The van der Waals surface area contributed by atoms with Gasteiger partial charge in [-0.05, 0) is 29.9 Å². The molecule has 0 saturated heterocycles. The number of amides is 1. The van der Waals surface area contributed by atoms with Crippen LogP contribution in [0, 0.1) is 0 Å². The average Bonchev–Trinajstić information content (AvgIpc) is 3.15. The van der Waals surface area contributed by atoms with Crippen molar-refractivity contribution in [3.8, 4) is 11.5 Å². The van der Waals surface area contributed by atoms with E-state index in [0.29, 0.717) is 35.1 Å². The van der Waals surface area contributed by atoms with Gasteiger partial charge in [0, 0.05) is 24.6 Å². The van der Waals surface area contributed by atoms with E-state index in [1.807, 2.05) is 11.5 Å². The van der Waals surface area contributed by atoms with Crippen molar-refractivity contribution in [1.82, 2.24) is 24.7 Å². The number of anilines is 1. The molecule has 2 aromatic heterocycles. The maximum atomic E-state index is 12.8. The lowest BCUT2D eigenvalue weighted by Crippen LogP contribution is -2.18. The number of benzene rings is 1. The minimum absolute atomic E-state index is 0.0540. The fraction of sp³-hybridized carbons (Fsp3) is 0.409. The molecule has 0 atom stereocenters. The SMILES string of the molecule is CCn1c(SCC(=O)Nc2c(C(C)C)cccc2C(C)C)nnc1-c1cnccn1. The number of nitrogens with zero attached hydrogens (tertiary/aromatic N) is 5. The number of nitrogens with one attached hydrogen (secondary N) is 1. The van der Waals surface area contributed by atoms with Gasteiger partial charge >= 0.3 is 0 Å². The Labute approximate surface area is 181 Å². The third-order valence-corrected chi connectivity index (χ3v) is 5.76. The van der Waals surface area contributed by atoms with Gasteiger partial charge in [0.2, 0.25) is 5.91 Å². The normalized spacial score (nSPS) is 11.3. The van der Waals surface area contributed by atoms with Gasteiger partial charge in [0.05, 0.1) is 11.9 Å². The fourth-order valence-corrected chi connectivity index (χ4v) is 4.09. The summed E-state index contributed by atoms with van der Waals surface area (Å²) in [7, 11) is 0. The van der Waals surface area contributed by atoms with E-state index >= 15 is 0 Å². The summed E-state index contributed by atoms with van der Waals surface area (Å²) in [5.74, 6) is 1.50. The first kappa shape index (κ1) is 22.0. The highest BCUT2D eigenvalue weighted by molar-refractivity contribution is 7.99. The Kier molecular flexibility index (Phi) is 7.20. The van der Waals surface area contributed by atoms with Crippen molar-refractivity contribution in [3.63, 3.8) is 0 Å². The second-order valence-corrected chi connectivity index (χ2v) is 8.54. The molecule has 0 radical (unpaired) electrons. The third kappa shape index (κ3) is 4.87. The first-order chi connectivity index (χ1) is 14.4. The van der Waals surface area contributed by atoms with Gasteiger partial charge < -0.3 is 9.88 Å². The summed E-state index contributed by atoms with van der Waals surface area (Å²) in [6.07, 6.45) is 4.91. The summed E-state index contributed by atoms with van der Waals surface area (Å²) in [5, 5.41) is 12.4. The predicted molar refractivity (Wildman–Crippen MR) is 121 cm³/mol. The summed E-state index contributed by atoms with van der Waals surface area (Å²) in [4.78, 5) is 21.2. The van der Waals surface area contributed by atoms with Gasteiger partial charge in [-0.1, -0.05) is 57.7 Å². The van der Waals surface area contributed by atoms with Crippen molar-refractivity contribution in [2.75, 3.05) is 11.1 Å². The molecule has 1 aromatic carbocycles. The van der Waals surface area contributed by atoms with Gasteiger partial charge in [-0.15, -0.1) is 10.2 Å². The maximum Gasteiger partial charge on any atom is 0.234 e. The van der Waals surface area contributed by atoms with Gasteiger partial charge in [0.1, 0.15) is 5.69 Å². The molecule has 0 aliphatic carbocycles. The molecule has 2 heterocycles. The predicted octanol–water partition coefficient (Wildman–Crippen LogP) is 4.73. The zero-order valence-corrected chi connectivity index (χ0v) is 18.9. The van der Waals surface area contributed by atoms with E-state index in [2.05, 4.69) is 71.4 Å². The molecule has 0 fully saturated rings. The highest BCUT2D eigenvalue weighted by atomic mass is 32.2. The largest absolute Gasteiger partial charge is 0.325 e. The van der Waals surface area contributed by atoms with Crippen molar-refractivity contribution in [3.05, 3.63) is 47.9 Å². The monoisotopic (exact) mass is 424 g/mol. The molecular weight excluding hydrogens is 396 g/mol. The van der Waals surface area contributed by atoms with Crippen molar-refractivity contribution in [1.29, 1.82) is 0 Å². The summed E-state index contributed by atoms with van der Waals surface area (Å²) < 4.78 is 1.95. The van der Waals surface area contributed by atoms with Gasteiger partial charge in [-0.25, -0.2) is 4.98 Å². The number of rotatable bonds is 8. The molecule has 0 aliphatic heterocycles. The maximum absolute atomic E-state index is 12.8. The molecule has 30 heavy (non-hydrogen) atoms. The van der Waals surface area contributed by atoms with Crippen LogP contribution in [0.2, 0.25) is 0 Å². The quantitative estimate of drug-likeness (QED) is 0.526. The van der Waals surface area contributed by atoms with Gasteiger partial charge in [-0.2, -0.15) is 0 Å². The summed E-state index contributed by atoms with van der Waals surface area (Å²) in [6, 6.07) is 6.23. The molecule has 0 saturated carbocycles. The highest BCUT2D eigenvalue weighted by Crippen LogP contribution is 2.32. The second kappa shape index (κ2) is 9.84. The number of aromatic nitrogens is 5. The Morgan fingerprint density at radius 3 is 2.37 bits per heavy atom. The summed E-state index contributed by atoms with van der Waals surface area (Å²) in [6.45, 7) is 11.3. The molecular formula is C22H28N6OS. The minimum Gasteiger partial charge on any atom is -0.325 e. The standard InChI is InChI=1S/C22H28N6OS/c1-6-28-21(18-12-23-10-11-24-18)26-27-22(28)30-13-19(29)25-20-16(14(2)3)8-7-9-17(20)15(4)5/h7-12,14-15H,6,13H2,1-5H3,(H,25,29). The van der Waals surface area contributed by atoms with Crippen LogP contribution in [0.4, 0.5) is 5.69 Å². The van der Waals surface area contributed by atoms with Crippen molar-refractivity contribution in [2.24, 2.45) is 0 Å². The van der Waals surface area contributed by atoms with Gasteiger partial charge in [-0.3, -0.25) is 9.78 Å².